The molecule has 2 fully saturated rings. The summed E-state index contributed by atoms with van der Waals surface area (Å²) in [7, 11) is 0. The fourth-order valence-electron chi connectivity index (χ4n) is 9.27. The molecule has 26 nitrogen and oxygen atoms in total. The minimum Gasteiger partial charge on any atom is -0.508 e. The van der Waals surface area contributed by atoms with E-state index in [1.165, 1.54) is 49.9 Å². The van der Waals surface area contributed by atoms with E-state index >= 15 is 0 Å². The van der Waals surface area contributed by atoms with Crippen LogP contribution in [-0.4, -0.2) is 147 Å². The molecule has 2 aliphatic rings. The summed E-state index contributed by atoms with van der Waals surface area (Å²) in [5, 5.41) is 37.4. The maximum atomic E-state index is 14.3. The predicted molar refractivity (Wildman–Crippen MR) is 282 cm³/mol. The SMILES string of the molecule is CC(C)CCCCCCCCCCCCC1CC(=O)NC(CC(N)=O)C(=O)NC(Cc2ccc(O)cc2)C(=O)NC(CC(N)=O)C(=O)NC(CCC(N)=O)C(=O)N2CCCC2C(=O)NC(CC(N)=O)C(=O)NC(CO)C(=O)N1. The smallest absolute Gasteiger partial charge is 0.245 e. The van der Waals surface area contributed by atoms with Crippen LogP contribution in [0.15, 0.2) is 24.3 Å². The monoisotopic (exact) mass is 1100 g/mol. The first kappa shape index (κ1) is 64.9. The van der Waals surface area contributed by atoms with E-state index in [1.54, 1.807) is 0 Å². The van der Waals surface area contributed by atoms with Crippen molar-refractivity contribution < 1.29 is 67.7 Å². The normalized spacial score (nSPS) is 23.5. The van der Waals surface area contributed by atoms with Crippen LogP contribution in [0, 0.1) is 5.92 Å². The molecule has 434 valence electrons. The largest absolute Gasteiger partial charge is 0.508 e. The Morgan fingerprint density at radius 2 is 1.00 bits per heavy atom. The maximum absolute atomic E-state index is 14.3. The van der Waals surface area contributed by atoms with E-state index in [2.05, 4.69) is 51.1 Å². The Balaban J connectivity index is 2.06. The number of carbonyl (C=O) groups excluding carboxylic acids is 12. The average Bonchev–Trinajstić information content (AvgIpc) is 3.88. The lowest BCUT2D eigenvalue weighted by atomic mass is 10.0. The molecule has 3 rings (SSSR count). The fraction of sp³-hybridized carbons (Fsp3) is 0.654. The molecule has 0 saturated carbocycles. The standard InChI is InChI=1S/C52H82N12O14/c1-30(2)14-11-9-7-5-3-4-6-8-10-12-15-32-25-45(71)58-36(26-42(54)68)47(73)60-35(24-31-17-19-33(66)20-18-31)46(72)61-37(27-43(55)69)48(74)59-34(21-22-41(53)67)52(78)64-23-13-16-40(64)51(77)62-38(28-44(56)70)49(75)63-39(29-65)50(76)57-32/h17-20,30,32,34-40,65-66H,3-16,21-29H2,1-2H3,(H2,53,67)(H2,54,68)(H2,55,69)(H2,56,70)(H,57,76)(H,58,71)(H,59,74)(H,60,73)(H,61,72)(H,62,77)(H,63,75). The lowest BCUT2D eigenvalue weighted by Gasteiger charge is -2.31. The van der Waals surface area contributed by atoms with Crippen molar-refractivity contribution >= 4 is 70.9 Å². The molecule has 8 unspecified atom stereocenters. The summed E-state index contributed by atoms with van der Waals surface area (Å²) in [4.78, 5) is 162. The van der Waals surface area contributed by atoms with Crippen molar-refractivity contribution in [1.82, 2.24) is 42.1 Å². The summed E-state index contributed by atoms with van der Waals surface area (Å²) in [6.07, 6.45) is 7.16. The Morgan fingerprint density at radius 1 is 0.551 bits per heavy atom. The van der Waals surface area contributed by atoms with Crippen LogP contribution in [0.3, 0.4) is 0 Å². The van der Waals surface area contributed by atoms with Crippen molar-refractivity contribution in [3.63, 3.8) is 0 Å². The van der Waals surface area contributed by atoms with E-state index in [4.69, 9.17) is 22.9 Å². The van der Waals surface area contributed by atoms with E-state index in [1.807, 2.05) is 0 Å². The van der Waals surface area contributed by atoms with Crippen LogP contribution in [-0.2, 0) is 64.0 Å². The second-order valence-electron chi connectivity index (χ2n) is 20.6. The number of phenolic OH excluding ortho intramolecular Hbond substituents is 1. The van der Waals surface area contributed by atoms with Gasteiger partial charge in [-0.1, -0.05) is 96.6 Å². The maximum Gasteiger partial charge on any atom is 0.245 e. The zero-order chi connectivity index (χ0) is 57.9. The number of nitrogens with one attached hydrogen (secondary N) is 7. The molecule has 78 heavy (non-hydrogen) atoms. The van der Waals surface area contributed by atoms with Crippen molar-refractivity contribution in [2.24, 2.45) is 28.9 Å². The van der Waals surface area contributed by atoms with Crippen LogP contribution in [0.1, 0.15) is 148 Å². The van der Waals surface area contributed by atoms with Gasteiger partial charge < -0.3 is 75.3 Å². The molecule has 0 aliphatic carbocycles. The quantitative estimate of drug-likeness (QED) is 0.0469. The fourth-order valence-corrected chi connectivity index (χ4v) is 9.27. The zero-order valence-corrected chi connectivity index (χ0v) is 44.8. The third-order valence-corrected chi connectivity index (χ3v) is 13.5. The van der Waals surface area contributed by atoms with Crippen LogP contribution < -0.4 is 60.2 Å². The number of benzene rings is 1. The van der Waals surface area contributed by atoms with Gasteiger partial charge in [-0.05, 0) is 49.3 Å². The molecule has 8 atom stereocenters. The van der Waals surface area contributed by atoms with Crippen LogP contribution >= 0.6 is 0 Å². The number of fused-ring (bicyclic) bond motifs is 1. The molecule has 17 N–H and O–H groups in total. The molecule has 2 aliphatic heterocycles. The molecule has 0 aromatic heterocycles. The van der Waals surface area contributed by atoms with Gasteiger partial charge in [0.2, 0.25) is 70.9 Å². The molecule has 2 saturated heterocycles. The average molecular weight is 1100 g/mol. The van der Waals surface area contributed by atoms with Gasteiger partial charge in [0.1, 0.15) is 48.0 Å². The third-order valence-electron chi connectivity index (χ3n) is 13.5. The minimum absolute atomic E-state index is 0.00306. The number of amides is 12. The molecule has 12 amide bonds. The summed E-state index contributed by atoms with van der Waals surface area (Å²) in [5.74, 6) is -11.9. The molecule has 1 aromatic rings. The second kappa shape index (κ2) is 33.7. The molecule has 2 heterocycles. The molecular weight excluding hydrogens is 1020 g/mol. The number of aliphatic hydroxyl groups is 1. The Hall–Kier alpha value is -7.38. The molecule has 26 heteroatoms. The summed E-state index contributed by atoms with van der Waals surface area (Å²) in [6, 6.07) is -7.35. The van der Waals surface area contributed by atoms with Gasteiger partial charge in [0.05, 0.1) is 25.9 Å². The summed E-state index contributed by atoms with van der Waals surface area (Å²) < 4.78 is 0. The number of nitrogens with zero attached hydrogens (tertiary/aromatic N) is 1. The van der Waals surface area contributed by atoms with Gasteiger partial charge in [0, 0.05) is 31.8 Å². The molecule has 1 aromatic carbocycles. The Bertz CT molecular complexity index is 2250. The number of nitrogens with two attached hydrogens (primary N) is 4. The van der Waals surface area contributed by atoms with Gasteiger partial charge in [-0.3, -0.25) is 57.5 Å². The summed E-state index contributed by atoms with van der Waals surface area (Å²) in [5.41, 5.74) is 22.2. The van der Waals surface area contributed by atoms with E-state index in [9.17, 15) is 67.7 Å². The highest BCUT2D eigenvalue weighted by Gasteiger charge is 2.41. The van der Waals surface area contributed by atoms with E-state index in [0.717, 1.165) is 37.0 Å². The van der Waals surface area contributed by atoms with Crippen molar-refractivity contribution in [2.45, 2.75) is 197 Å². The molecule has 0 spiro atoms. The summed E-state index contributed by atoms with van der Waals surface area (Å²) in [6.45, 7) is 3.33. The Labute approximate surface area is 454 Å². The number of phenols is 1. The van der Waals surface area contributed by atoms with Gasteiger partial charge in [-0.2, -0.15) is 0 Å². The van der Waals surface area contributed by atoms with Gasteiger partial charge >= 0.3 is 0 Å². The molecular formula is C52H82N12O14. The van der Waals surface area contributed by atoms with Gasteiger partial charge in [0.15, 0.2) is 0 Å². The first-order valence-electron chi connectivity index (χ1n) is 26.9. The number of hydrogen-bond donors (Lipinski definition) is 13. The highest BCUT2D eigenvalue weighted by molar-refractivity contribution is 6.00. The topological polar surface area (TPSA) is 437 Å². The third kappa shape index (κ3) is 23.9. The highest BCUT2D eigenvalue weighted by Crippen LogP contribution is 2.21. The lowest BCUT2D eigenvalue weighted by Crippen LogP contribution is -2.60. The number of unbranched alkanes of at least 4 members (excludes halogenated alkanes) is 9. The van der Waals surface area contributed by atoms with E-state index < -0.39 is 164 Å². The van der Waals surface area contributed by atoms with Gasteiger partial charge in [-0.25, -0.2) is 0 Å². The first-order chi connectivity index (χ1) is 37.0. The summed E-state index contributed by atoms with van der Waals surface area (Å²) >= 11 is 0. The number of primary amides is 4. The first-order valence-corrected chi connectivity index (χ1v) is 26.9. The van der Waals surface area contributed by atoms with Crippen molar-refractivity contribution in [1.29, 1.82) is 0 Å². The zero-order valence-electron chi connectivity index (χ0n) is 44.8. The number of rotatable bonds is 25. The van der Waals surface area contributed by atoms with Crippen molar-refractivity contribution in [3.05, 3.63) is 29.8 Å². The van der Waals surface area contributed by atoms with Gasteiger partial charge in [-0.15, -0.1) is 0 Å². The van der Waals surface area contributed by atoms with Crippen LogP contribution in [0.5, 0.6) is 5.75 Å². The minimum atomic E-state index is -1.86. The molecule has 0 bridgehead atoms. The van der Waals surface area contributed by atoms with Crippen LogP contribution in [0.2, 0.25) is 0 Å². The highest BCUT2D eigenvalue weighted by atomic mass is 16.3. The number of hydrogen-bond acceptors (Lipinski definition) is 14. The van der Waals surface area contributed by atoms with E-state index in [0.29, 0.717) is 24.3 Å². The van der Waals surface area contributed by atoms with Crippen LogP contribution in [0.25, 0.3) is 0 Å². The second-order valence-corrected chi connectivity index (χ2v) is 20.6. The Morgan fingerprint density at radius 3 is 1.51 bits per heavy atom. The predicted octanol–water partition coefficient (Wildman–Crippen LogP) is -2.06. The molecule has 0 radical (unpaired) electrons. The Kier molecular flexibility index (Phi) is 28.0. The van der Waals surface area contributed by atoms with Crippen molar-refractivity contribution in [3.8, 4) is 5.75 Å². The number of aliphatic hydroxyl groups excluding tert-OH is 1. The van der Waals surface area contributed by atoms with Gasteiger partial charge in [0.25, 0.3) is 0 Å². The number of aromatic hydroxyl groups is 1. The van der Waals surface area contributed by atoms with Crippen LogP contribution in [0.4, 0.5) is 0 Å². The van der Waals surface area contributed by atoms with E-state index in [-0.39, 0.29) is 38.0 Å². The number of carbonyl (C=O) groups is 12. The lowest BCUT2D eigenvalue weighted by molar-refractivity contribution is -0.143. The van der Waals surface area contributed by atoms with Crippen molar-refractivity contribution in [2.75, 3.05) is 13.2 Å².